The van der Waals surface area contributed by atoms with Crippen LogP contribution in [0.1, 0.15) is 31.7 Å². The van der Waals surface area contributed by atoms with E-state index in [-0.39, 0.29) is 23.2 Å². The number of nitrogens with zero attached hydrogens (tertiary/aromatic N) is 2. The largest absolute Gasteiger partial charge is 0.416 e. The standard InChI is InChI=1S/C22H21F4N3O2S/c1-2-3-11-29-19(30)13-18(20(31)27-16-9-7-15(23)8-10-16)32-21(29)28-17-6-4-5-14(12-17)22(24,25)26/h4-10,12,18H,2-3,11,13H2,1H3,(H,27,31)/t18-/m0/s1. The Morgan fingerprint density at radius 2 is 1.94 bits per heavy atom. The van der Waals surface area contributed by atoms with Crippen molar-refractivity contribution in [3.05, 3.63) is 59.9 Å². The summed E-state index contributed by atoms with van der Waals surface area (Å²) in [6.45, 7) is 2.30. The number of nitrogens with one attached hydrogen (secondary N) is 1. The Morgan fingerprint density at radius 1 is 1.22 bits per heavy atom. The zero-order valence-corrected chi connectivity index (χ0v) is 18.0. The molecular formula is C22H21F4N3O2S. The van der Waals surface area contributed by atoms with Crippen LogP contribution in [0.5, 0.6) is 0 Å². The van der Waals surface area contributed by atoms with Crippen LogP contribution in [0.4, 0.5) is 28.9 Å². The normalized spacial score (nSPS) is 18.2. The molecule has 1 atom stereocenters. The van der Waals surface area contributed by atoms with Gasteiger partial charge in [0.25, 0.3) is 0 Å². The molecule has 2 amide bonds. The topological polar surface area (TPSA) is 61.8 Å². The Labute approximate surface area is 186 Å². The first-order chi connectivity index (χ1) is 15.2. The van der Waals surface area contributed by atoms with Crippen molar-refractivity contribution in [2.24, 2.45) is 4.99 Å². The Kier molecular flexibility index (Phi) is 7.55. The van der Waals surface area contributed by atoms with Gasteiger partial charge in [0.2, 0.25) is 11.8 Å². The highest BCUT2D eigenvalue weighted by atomic mass is 32.2. The molecule has 2 aromatic carbocycles. The summed E-state index contributed by atoms with van der Waals surface area (Å²) in [6, 6.07) is 9.68. The van der Waals surface area contributed by atoms with Gasteiger partial charge in [-0.1, -0.05) is 31.2 Å². The van der Waals surface area contributed by atoms with Crippen molar-refractivity contribution in [2.75, 3.05) is 11.9 Å². The first-order valence-corrected chi connectivity index (χ1v) is 10.8. The number of benzene rings is 2. The maximum absolute atomic E-state index is 13.1. The molecular weight excluding hydrogens is 446 g/mol. The Balaban J connectivity index is 1.86. The van der Waals surface area contributed by atoms with E-state index in [4.69, 9.17) is 0 Å². The Hall–Kier alpha value is -2.88. The molecule has 1 aliphatic heterocycles. The number of amidine groups is 1. The first-order valence-electron chi connectivity index (χ1n) is 9.96. The molecule has 0 aliphatic carbocycles. The van der Waals surface area contributed by atoms with Crippen LogP contribution in [0.15, 0.2) is 53.5 Å². The van der Waals surface area contributed by atoms with Gasteiger partial charge in [-0.15, -0.1) is 0 Å². The van der Waals surface area contributed by atoms with Crippen molar-refractivity contribution >= 4 is 40.1 Å². The van der Waals surface area contributed by atoms with Crippen molar-refractivity contribution < 1.29 is 27.2 Å². The van der Waals surface area contributed by atoms with Gasteiger partial charge in [0.1, 0.15) is 11.1 Å². The van der Waals surface area contributed by atoms with Crippen LogP contribution < -0.4 is 5.32 Å². The fraction of sp³-hybridized carbons (Fsp3) is 0.318. The maximum atomic E-state index is 13.1. The van der Waals surface area contributed by atoms with E-state index in [0.29, 0.717) is 18.7 Å². The predicted molar refractivity (Wildman–Crippen MR) is 116 cm³/mol. The summed E-state index contributed by atoms with van der Waals surface area (Å²) < 4.78 is 52.3. The minimum absolute atomic E-state index is 0.0382. The van der Waals surface area contributed by atoms with Crippen LogP contribution in [0.3, 0.4) is 0 Å². The number of carbonyl (C=O) groups excluding carboxylic acids is 2. The second kappa shape index (κ2) is 10.2. The number of amides is 2. The van der Waals surface area contributed by atoms with Crippen molar-refractivity contribution in [1.29, 1.82) is 0 Å². The molecule has 1 saturated heterocycles. The van der Waals surface area contributed by atoms with Gasteiger partial charge < -0.3 is 5.32 Å². The minimum atomic E-state index is -4.52. The molecule has 1 N–H and O–H groups in total. The highest BCUT2D eigenvalue weighted by molar-refractivity contribution is 8.15. The Morgan fingerprint density at radius 3 is 2.59 bits per heavy atom. The lowest BCUT2D eigenvalue weighted by Gasteiger charge is -2.31. The lowest BCUT2D eigenvalue weighted by molar-refractivity contribution is -0.137. The molecule has 170 valence electrons. The van der Waals surface area contributed by atoms with Crippen molar-refractivity contribution in [3.8, 4) is 0 Å². The van der Waals surface area contributed by atoms with Crippen molar-refractivity contribution in [1.82, 2.24) is 4.90 Å². The molecule has 5 nitrogen and oxygen atoms in total. The van der Waals surface area contributed by atoms with Crippen molar-refractivity contribution in [2.45, 2.75) is 37.6 Å². The summed E-state index contributed by atoms with van der Waals surface area (Å²) in [6.07, 6.45) is -3.12. The quantitative estimate of drug-likeness (QED) is 0.562. The van der Waals surface area contributed by atoms with Crippen LogP contribution in [0.2, 0.25) is 0 Å². The number of alkyl halides is 3. The van der Waals surface area contributed by atoms with E-state index >= 15 is 0 Å². The molecule has 0 spiro atoms. The molecule has 1 aliphatic rings. The smallest absolute Gasteiger partial charge is 0.325 e. The van der Waals surface area contributed by atoms with Crippen LogP contribution >= 0.6 is 11.8 Å². The third-order valence-corrected chi connectivity index (χ3v) is 5.87. The molecule has 3 rings (SSSR count). The zero-order valence-electron chi connectivity index (χ0n) is 17.2. The van der Waals surface area contributed by atoms with Gasteiger partial charge >= 0.3 is 6.18 Å². The number of hydrogen-bond donors (Lipinski definition) is 1. The average Bonchev–Trinajstić information content (AvgIpc) is 2.74. The summed E-state index contributed by atoms with van der Waals surface area (Å²) >= 11 is 1.02. The number of anilines is 1. The lowest BCUT2D eigenvalue weighted by Crippen LogP contribution is -2.45. The maximum Gasteiger partial charge on any atom is 0.416 e. The van der Waals surface area contributed by atoms with Gasteiger partial charge in [0.05, 0.1) is 11.3 Å². The van der Waals surface area contributed by atoms with E-state index in [1.54, 1.807) is 0 Å². The second-order valence-corrected chi connectivity index (χ2v) is 8.32. The Bertz CT molecular complexity index is 1010. The second-order valence-electron chi connectivity index (χ2n) is 7.15. The summed E-state index contributed by atoms with van der Waals surface area (Å²) in [7, 11) is 0. The summed E-state index contributed by atoms with van der Waals surface area (Å²) in [5.74, 6) is -1.25. The van der Waals surface area contributed by atoms with Gasteiger partial charge in [-0.05, 0) is 48.9 Å². The minimum Gasteiger partial charge on any atom is -0.325 e. The number of thioether (sulfide) groups is 1. The third kappa shape index (κ3) is 6.09. The van der Waals surface area contributed by atoms with Crippen LogP contribution in [-0.2, 0) is 15.8 Å². The van der Waals surface area contributed by atoms with E-state index in [9.17, 15) is 27.2 Å². The van der Waals surface area contributed by atoms with Gasteiger partial charge in [-0.25, -0.2) is 9.38 Å². The van der Waals surface area contributed by atoms with Gasteiger partial charge in [0, 0.05) is 18.7 Å². The monoisotopic (exact) mass is 467 g/mol. The van der Waals surface area contributed by atoms with Crippen LogP contribution in [0.25, 0.3) is 0 Å². The molecule has 0 radical (unpaired) electrons. The molecule has 32 heavy (non-hydrogen) atoms. The van der Waals surface area contributed by atoms with Gasteiger partial charge in [-0.2, -0.15) is 13.2 Å². The highest BCUT2D eigenvalue weighted by Gasteiger charge is 2.36. The van der Waals surface area contributed by atoms with E-state index < -0.39 is 28.7 Å². The number of hydrogen-bond acceptors (Lipinski definition) is 4. The fourth-order valence-electron chi connectivity index (χ4n) is 3.00. The molecule has 0 aromatic heterocycles. The van der Waals surface area contributed by atoms with E-state index in [1.165, 1.54) is 41.3 Å². The third-order valence-electron chi connectivity index (χ3n) is 4.68. The number of unbranched alkanes of at least 4 members (excludes halogenated alkanes) is 1. The number of carbonyl (C=O) groups is 2. The van der Waals surface area contributed by atoms with Crippen LogP contribution in [-0.4, -0.2) is 33.7 Å². The highest BCUT2D eigenvalue weighted by Crippen LogP contribution is 2.34. The van der Waals surface area contributed by atoms with Crippen LogP contribution in [0, 0.1) is 5.82 Å². The number of rotatable bonds is 6. The molecule has 1 heterocycles. The predicted octanol–water partition coefficient (Wildman–Crippen LogP) is 5.60. The van der Waals surface area contributed by atoms with Crippen molar-refractivity contribution in [3.63, 3.8) is 0 Å². The van der Waals surface area contributed by atoms with Gasteiger partial charge in [-0.3, -0.25) is 14.5 Å². The summed E-state index contributed by atoms with van der Waals surface area (Å²) in [5, 5.41) is 1.98. The summed E-state index contributed by atoms with van der Waals surface area (Å²) in [4.78, 5) is 31.2. The molecule has 1 fully saturated rings. The molecule has 2 aromatic rings. The van der Waals surface area contributed by atoms with E-state index in [0.717, 1.165) is 30.3 Å². The molecule has 0 bridgehead atoms. The van der Waals surface area contributed by atoms with Gasteiger partial charge in [0.15, 0.2) is 5.17 Å². The van der Waals surface area contributed by atoms with E-state index in [1.807, 2.05) is 6.92 Å². The number of aliphatic imine (C=N–C) groups is 1. The summed E-state index contributed by atoms with van der Waals surface area (Å²) in [5.41, 5.74) is -0.442. The molecule has 0 unspecified atom stereocenters. The average molecular weight is 467 g/mol. The SMILES string of the molecule is CCCCN1C(=O)C[C@@H](C(=O)Nc2ccc(F)cc2)SC1=Nc1cccc(C(F)(F)F)c1. The first kappa shape index (κ1) is 23.8. The molecule has 10 heteroatoms. The number of halogens is 4. The zero-order chi connectivity index (χ0) is 23.3. The molecule has 0 saturated carbocycles. The van der Waals surface area contributed by atoms with E-state index in [2.05, 4.69) is 10.3 Å². The fourth-order valence-corrected chi connectivity index (χ4v) is 4.12. The lowest BCUT2D eigenvalue weighted by atomic mass is 10.2.